The van der Waals surface area contributed by atoms with Gasteiger partial charge in [-0.3, -0.25) is 4.79 Å². The van der Waals surface area contributed by atoms with E-state index >= 15 is 0 Å². The molecule has 1 aliphatic heterocycles. The minimum atomic E-state index is 0.0961. The molecule has 28 heavy (non-hydrogen) atoms. The molecule has 1 amide bonds. The Bertz CT molecular complexity index is 1170. The second-order valence-electron chi connectivity index (χ2n) is 7.37. The topological polar surface area (TPSA) is 52.2 Å². The van der Waals surface area contributed by atoms with Crippen LogP contribution >= 0.6 is 0 Å². The van der Waals surface area contributed by atoms with Crippen LogP contribution in [-0.2, 0) is 0 Å². The quantitative estimate of drug-likeness (QED) is 0.581. The Morgan fingerprint density at radius 1 is 1.00 bits per heavy atom. The molecule has 4 aromatic rings. The van der Waals surface area contributed by atoms with E-state index in [1.54, 1.807) is 0 Å². The lowest BCUT2D eigenvalue weighted by Crippen LogP contribution is -2.49. The van der Waals surface area contributed by atoms with Crippen molar-refractivity contribution in [2.45, 2.75) is 6.92 Å². The van der Waals surface area contributed by atoms with E-state index in [0.717, 1.165) is 40.9 Å². The molecule has 140 valence electrons. The summed E-state index contributed by atoms with van der Waals surface area (Å²) in [4.78, 5) is 25.1. The average Bonchev–Trinajstić information content (AvgIpc) is 3.21. The standard InChI is InChI=1S/C23H22N4O/c1-16-14-22(25-20-5-3-2-4-19(16)20)26-10-12-27(13-11-26)23(28)18-7-6-17-8-9-24-21(17)15-18/h2-9,14-15,24H,10-13H2,1H3. The number of anilines is 1. The Balaban J connectivity index is 1.32. The SMILES string of the molecule is Cc1cc(N2CCN(C(=O)c3ccc4cc[nH]c4c3)CC2)nc2ccccc12. The predicted octanol–water partition coefficient (Wildman–Crippen LogP) is 3.99. The number of carbonyl (C=O) groups is 1. The smallest absolute Gasteiger partial charge is 0.254 e. The van der Waals surface area contributed by atoms with Crippen LogP contribution in [0, 0.1) is 6.92 Å². The zero-order chi connectivity index (χ0) is 19.1. The lowest BCUT2D eigenvalue weighted by Gasteiger charge is -2.35. The van der Waals surface area contributed by atoms with Crippen molar-refractivity contribution < 1.29 is 4.79 Å². The Morgan fingerprint density at radius 3 is 2.68 bits per heavy atom. The summed E-state index contributed by atoms with van der Waals surface area (Å²) < 4.78 is 0. The minimum Gasteiger partial charge on any atom is -0.361 e. The number of fused-ring (bicyclic) bond motifs is 2. The van der Waals surface area contributed by atoms with Gasteiger partial charge in [-0.05, 0) is 48.2 Å². The highest BCUT2D eigenvalue weighted by molar-refractivity contribution is 5.98. The Kier molecular flexibility index (Phi) is 4.01. The number of nitrogens with zero attached hydrogens (tertiary/aromatic N) is 3. The number of piperazine rings is 1. The number of hydrogen-bond acceptors (Lipinski definition) is 3. The largest absolute Gasteiger partial charge is 0.361 e. The first-order valence-electron chi connectivity index (χ1n) is 9.67. The molecule has 0 radical (unpaired) electrons. The molecule has 0 atom stereocenters. The first-order chi connectivity index (χ1) is 13.7. The van der Waals surface area contributed by atoms with Crippen molar-refractivity contribution in [2.75, 3.05) is 31.1 Å². The highest BCUT2D eigenvalue weighted by atomic mass is 16.2. The predicted molar refractivity (Wildman–Crippen MR) is 113 cm³/mol. The number of rotatable bonds is 2. The summed E-state index contributed by atoms with van der Waals surface area (Å²) in [5.41, 5.74) is 4.00. The number of carbonyl (C=O) groups excluding carboxylic acids is 1. The Morgan fingerprint density at radius 2 is 1.82 bits per heavy atom. The summed E-state index contributed by atoms with van der Waals surface area (Å²) in [6.07, 6.45) is 1.90. The van der Waals surface area contributed by atoms with Crippen LogP contribution in [0.4, 0.5) is 5.82 Å². The molecule has 0 bridgehead atoms. The van der Waals surface area contributed by atoms with Crippen LogP contribution in [0.25, 0.3) is 21.8 Å². The van der Waals surface area contributed by atoms with Crippen molar-refractivity contribution >= 4 is 33.5 Å². The number of aromatic amines is 1. The molecule has 5 rings (SSSR count). The number of aryl methyl sites for hydroxylation is 1. The molecule has 1 saturated heterocycles. The Hall–Kier alpha value is -3.34. The molecule has 0 aliphatic carbocycles. The molecule has 1 N–H and O–H groups in total. The highest BCUT2D eigenvalue weighted by Gasteiger charge is 2.23. The molecule has 0 unspecified atom stereocenters. The molecule has 2 aromatic heterocycles. The van der Waals surface area contributed by atoms with Gasteiger partial charge in [-0.15, -0.1) is 0 Å². The number of pyridine rings is 1. The molecule has 1 aliphatic rings. The number of hydrogen-bond donors (Lipinski definition) is 1. The summed E-state index contributed by atoms with van der Waals surface area (Å²) in [5, 5.41) is 2.32. The van der Waals surface area contributed by atoms with E-state index in [9.17, 15) is 4.79 Å². The van der Waals surface area contributed by atoms with Gasteiger partial charge in [-0.25, -0.2) is 4.98 Å². The van der Waals surface area contributed by atoms with Gasteiger partial charge >= 0.3 is 0 Å². The first-order valence-corrected chi connectivity index (χ1v) is 9.67. The van der Waals surface area contributed by atoms with Crippen LogP contribution in [0.1, 0.15) is 15.9 Å². The normalized spacial score (nSPS) is 14.8. The number of benzene rings is 2. The molecule has 1 fully saturated rings. The van der Waals surface area contributed by atoms with Crippen molar-refractivity contribution in [1.82, 2.24) is 14.9 Å². The van der Waals surface area contributed by atoms with Crippen LogP contribution in [0.15, 0.2) is 60.8 Å². The number of H-pyrrole nitrogens is 1. The van der Waals surface area contributed by atoms with Gasteiger partial charge in [0.25, 0.3) is 5.91 Å². The van der Waals surface area contributed by atoms with Gasteiger partial charge in [0.1, 0.15) is 5.82 Å². The molecule has 5 nitrogen and oxygen atoms in total. The number of amides is 1. The Labute approximate surface area is 163 Å². The van der Waals surface area contributed by atoms with E-state index in [0.29, 0.717) is 13.1 Å². The summed E-state index contributed by atoms with van der Waals surface area (Å²) in [6.45, 7) is 5.12. The van der Waals surface area contributed by atoms with Gasteiger partial charge in [0.05, 0.1) is 5.52 Å². The maximum Gasteiger partial charge on any atom is 0.254 e. The van der Waals surface area contributed by atoms with E-state index in [1.807, 2.05) is 47.5 Å². The monoisotopic (exact) mass is 370 g/mol. The maximum atomic E-state index is 12.9. The van der Waals surface area contributed by atoms with Gasteiger partial charge in [0.15, 0.2) is 0 Å². The molecular formula is C23H22N4O. The third-order valence-electron chi connectivity index (χ3n) is 5.60. The van der Waals surface area contributed by atoms with E-state index in [4.69, 9.17) is 4.98 Å². The van der Waals surface area contributed by atoms with Gasteiger partial charge in [-0.1, -0.05) is 24.3 Å². The summed E-state index contributed by atoms with van der Waals surface area (Å²) in [5.74, 6) is 1.09. The number of nitrogens with one attached hydrogen (secondary N) is 1. The number of aromatic nitrogens is 2. The zero-order valence-electron chi connectivity index (χ0n) is 15.9. The van der Waals surface area contributed by atoms with Crippen molar-refractivity contribution in [1.29, 1.82) is 0 Å². The molecule has 5 heteroatoms. The maximum absolute atomic E-state index is 12.9. The van der Waals surface area contributed by atoms with Gasteiger partial charge in [-0.2, -0.15) is 0 Å². The van der Waals surface area contributed by atoms with Crippen LogP contribution in [0.3, 0.4) is 0 Å². The minimum absolute atomic E-state index is 0.0961. The molecule has 2 aromatic carbocycles. The second-order valence-corrected chi connectivity index (χ2v) is 7.37. The molecule has 0 saturated carbocycles. The van der Waals surface area contributed by atoms with E-state index < -0.39 is 0 Å². The van der Waals surface area contributed by atoms with Crippen LogP contribution < -0.4 is 4.90 Å². The fraction of sp³-hybridized carbons (Fsp3) is 0.217. The average molecular weight is 370 g/mol. The highest BCUT2D eigenvalue weighted by Crippen LogP contribution is 2.24. The number of para-hydroxylation sites is 1. The van der Waals surface area contributed by atoms with Crippen molar-refractivity contribution in [3.05, 3.63) is 71.9 Å². The van der Waals surface area contributed by atoms with Crippen LogP contribution in [0.2, 0.25) is 0 Å². The fourth-order valence-electron chi connectivity index (χ4n) is 4.00. The van der Waals surface area contributed by atoms with Crippen LogP contribution in [-0.4, -0.2) is 47.0 Å². The molecule has 3 heterocycles. The van der Waals surface area contributed by atoms with Crippen molar-refractivity contribution in [3.8, 4) is 0 Å². The molecule has 0 spiro atoms. The van der Waals surface area contributed by atoms with E-state index in [2.05, 4.69) is 35.0 Å². The van der Waals surface area contributed by atoms with Gasteiger partial charge in [0.2, 0.25) is 0 Å². The van der Waals surface area contributed by atoms with E-state index in [1.165, 1.54) is 10.9 Å². The lowest BCUT2D eigenvalue weighted by molar-refractivity contribution is 0.0746. The fourth-order valence-corrected chi connectivity index (χ4v) is 4.00. The summed E-state index contributed by atoms with van der Waals surface area (Å²) in [7, 11) is 0. The zero-order valence-corrected chi connectivity index (χ0v) is 15.9. The van der Waals surface area contributed by atoms with Gasteiger partial charge < -0.3 is 14.8 Å². The third kappa shape index (κ3) is 2.89. The third-order valence-corrected chi connectivity index (χ3v) is 5.60. The lowest BCUT2D eigenvalue weighted by atomic mass is 10.1. The van der Waals surface area contributed by atoms with Crippen molar-refractivity contribution in [2.24, 2.45) is 0 Å². The summed E-state index contributed by atoms with van der Waals surface area (Å²) >= 11 is 0. The molecular weight excluding hydrogens is 348 g/mol. The van der Waals surface area contributed by atoms with Crippen molar-refractivity contribution in [3.63, 3.8) is 0 Å². The van der Waals surface area contributed by atoms with Crippen LogP contribution in [0.5, 0.6) is 0 Å². The summed E-state index contributed by atoms with van der Waals surface area (Å²) in [6, 6.07) is 18.3. The van der Waals surface area contributed by atoms with Gasteiger partial charge in [0, 0.05) is 48.8 Å². The first kappa shape index (κ1) is 16.8. The second kappa shape index (κ2) is 6.68. The van der Waals surface area contributed by atoms with E-state index in [-0.39, 0.29) is 5.91 Å².